The van der Waals surface area contributed by atoms with Crippen molar-refractivity contribution in [2.45, 2.75) is 33.3 Å². The number of ether oxygens (including phenoxy) is 1. The van der Waals surface area contributed by atoms with E-state index >= 15 is 0 Å². The molecule has 0 heterocycles. The number of rotatable bonds is 4. The summed E-state index contributed by atoms with van der Waals surface area (Å²) < 4.78 is 5.57. The molecule has 0 aliphatic rings. The summed E-state index contributed by atoms with van der Waals surface area (Å²) in [4.78, 5) is 0. The Hall–Kier alpha value is -1.02. The van der Waals surface area contributed by atoms with Crippen molar-refractivity contribution in [1.82, 2.24) is 0 Å². The Labute approximate surface area is 85.5 Å². The molecule has 0 aliphatic carbocycles. The highest BCUT2D eigenvalue weighted by molar-refractivity contribution is 5.38. The molecule has 1 atom stereocenters. The first-order chi connectivity index (χ1) is 6.65. The topological polar surface area (TPSA) is 29.5 Å². The highest BCUT2D eigenvalue weighted by Crippen LogP contribution is 2.26. The molecule has 1 N–H and O–H groups in total. The first-order valence-electron chi connectivity index (χ1n) is 5.06. The second-order valence-electron chi connectivity index (χ2n) is 3.57. The molecule has 1 aromatic carbocycles. The largest absolute Gasteiger partial charge is 0.493 e. The van der Waals surface area contributed by atoms with Gasteiger partial charge in [0, 0.05) is 5.56 Å². The molecule has 1 unspecified atom stereocenters. The maximum atomic E-state index is 9.51. The summed E-state index contributed by atoms with van der Waals surface area (Å²) >= 11 is 0. The van der Waals surface area contributed by atoms with Crippen LogP contribution in [-0.4, -0.2) is 11.7 Å². The maximum Gasteiger partial charge on any atom is 0.125 e. The van der Waals surface area contributed by atoms with Crippen LogP contribution in [0.3, 0.4) is 0 Å². The Kier molecular flexibility index (Phi) is 3.96. The molecule has 0 saturated carbocycles. The zero-order valence-electron chi connectivity index (χ0n) is 9.08. The van der Waals surface area contributed by atoms with Crippen molar-refractivity contribution in [2.75, 3.05) is 6.61 Å². The van der Waals surface area contributed by atoms with E-state index < -0.39 is 6.10 Å². The predicted octanol–water partition coefficient (Wildman–Crippen LogP) is 2.84. The lowest BCUT2D eigenvalue weighted by Gasteiger charge is -2.13. The lowest BCUT2D eigenvalue weighted by Crippen LogP contribution is -2.01. The van der Waals surface area contributed by atoms with E-state index in [9.17, 15) is 5.11 Å². The number of aryl methyl sites for hydroxylation is 1. The third kappa shape index (κ3) is 2.74. The molecule has 0 aromatic heterocycles. The highest BCUT2D eigenvalue weighted by atomic mass is 16.5. The van der Waals surface area contributed by atoms with Gasteiger partial charge in [0.15, 0.2) is 0 Å². The van der Waals surface area contributed by atoms with Crippen molar-refractivity contribution in [2.24, 2.45) is 0 Å². The lowest BCUT2D eigenvalue weighted by atomic mass is 10.1. The number of aliphatic hydroxyl groups is 1. The normalized spacial score (nSPS) is 12.6. The van der Waals surface area contributed by atoms with Crippen LogP contribution in [-0.2, 0) is 0 Å². The van der Waals surface area contributed by atoms with Crippen molar-refractivity contribution in [1.29, 1.82) is 0 Å². The first kappa shape index (κ1) is 11.1. The van der Waals surface area contributed by atoms with Gasteiger partial charge in [-0.1, -0.05) is 19.1 Å². The van der Waals surface area contributed by atoms with Crippen molar-refractivity contribution in [3.8, 4) is 5.75 Å². The molecule has 78 valence electrons. The van der Waals surface area contributed by atoms with Gasteiger partial charge in [-0.3, -0.25) is 0 Å². The molecule has 0 saturated heterocycles. The quantitative estimate of drug-likeness (QED) is 0.798. The van der Waals surface area contributed by atoms with E-state index in [1.54, 1.807) is 6.92 Å². The fraction of sp³-hybridized carbons (Fsp3) is 0.500. The van der Waals surface area contributed by atoms with Gasteiger partial charge in [-0.2, -0.15) is 0 Å². The summed E-state index contributed by atoms with van der Waals surface area (Å²) in [5, 5.41) is 9.51. The molecule has 0 aliphatic heterocycles. The lowest BCUT2D eigenvalue weighted by molar-refractivity contribution is 0.191. The smallest absolute Gasteiger partial charge is 0.125 e. The molecular weight excluding hydrogens is 176 g/mol. The van der Waals surface area contributed by atoms with Gasteiger partial charge in [0.25, 0.3) is 0 Å². The van der Waals surface area contributed by atoms with Gasteiger partial charge in [0.1, 0.15) is 5.75 Å². The van der Waals surface area contributed by atoms with Crippen molar-refractivity contribution in [3.05, 3.63) is 29.3 Å². The predicted molar refractivity (Wildman–Crippen MR) is 57.6 cm³/mol. The summed E-state index contributed by atoms with van der Waals surface area (Å²) in [6, 6.07) is 5.88. The minimum Gasteiger partial charge on any atom is -0.493 e. The van der Waals surface area contributed by atoms with Crippen LogP contribution in [0.15, 0.2) is 18.2 Å². The van der Waals surface area contributed by atoms with E-state index in [2.05, 4.69) is 6.92 Å². The number of benzene rings is 1. The van der Waals surface area contributed by atoms with Gasteiger partial charge < -0.3 is 9.84 Å². The Bertz CT molecular complexity index is 292. The van der Waals surface area contributed by atoms with Crippen LogP contribution < -0.4 is 4.74 Å². The zero-order valence-corrected chi connectivity index (χ0v) is 9.08. The van der Waals surface area contributed by atoms with E-state index in [-0.39, 0.29) is 0 Å². The molecule has 0 spiro atoms. The Morgan fingerprint density at radius 2 is 2.14 bits per heavy atom. The molecule has 0 radical (unpaired) electrons. The third-order valence-electron chi connectivity index (χ3n) is 2.08. The van der Waals surface area contributed by atoms with Crippen LogP contribution in [0.2, 0.25) is 0 Å². The zero-order chi connectivity index (χ0) is 10.6. The van der Waals surface area contributed by atoms with E-state index in [1.165, 1.54) is 0 Å². The van der Waals surface area contributed by atoms with E-state index in [4.69, 9.17) is 4.74 Å². The van der Waals surface area contributed by atoms with Crippen LogP contribution in [0, 0.1) is 6.92 Å². The van der Waals surface area contributed by atoms with Crippen molar-refractivity contribution >= 4 is 0 Å². The number of hydrogen-bond acceptors (Lipinski definition) is 2. The van der Waals surface area contributed by atoms with Gasteiger partial charge in [0.2, 0.25) is 0 Å². The van der Waals surface area contributed by atoms with E-state index in [0.29, 0.717) is 6.61 Å². The molecule has 0 fully saturated rings. The molecule has 14 heavy (non-hydrogen) atoms. The van der Waals surface area contributed by atoms with Crippen LogP contribution >= 0.6 is 0 Å². The summed E-state index contributed by atoms with van der Waals surface area (Å²) in [6.07, 6.45) is 0.509. The second-order valence-corrected chi connectivity index (χ2v) is 3.57. The van der Waals surface area contributed by atoms with Crippen molar-refractivity contribution < 1.29 is 9.84 Å². The SMILES string of the molecule is CCCOc1cc(C)ccc1C(C)O. The maximum absolute atomic E-state index is 9.51. The minimum atomic E-state index is -0.470. The van der Waals surface area contributed by atoms with Gasteiger partial charge in [-0.25, -0.2) is 0 Å². The van der Waals surface area contributed by atoms with Gasteiger partial charge in [0.05, 0.1) is 12.7 Å². The van der Waals surface area contributed by atoms with Crippen LogP contribution in [0.4, 0.5) is 0 Å². The van der Waals surface area contributed by atoms with Crippen molar-refractivity contribution in [3.63, 3.8) is 0 Å². The first-order valence-corrected chi connectivity index (χ1v) is 5.06. The number of hydrogen-bond donors (Lipinski definition) is 1. The Morgan fingerprint density at radius 3 is 2.71 bits per heavy atom. The second kappa shape index (κ2) is 5.01. The van der Waals surface area contributed by atoms with E-state index in [0.717, 1.165) is 23.3 Å². The summed E-state index contributed by atoms with van der Waals surface area (Å²) in [5.74, 6) is 0.807. The summed E-state index contributed by atoms with van der Waals surface area (Å²) in [7, 11) is 0. The molecule has 2 nitrogen and oxygen atoms in total. The summed E-state index contributed by atoms with van der Waals surface area (Å²) in [6.45, 7) is 6.54. The monoisotopic (exact) mass is 194 g/mol. The molecule has 0 bridgehead atoms. The van der Waals surface area contributed by atoms with Crippen LogP contribution in [0.25, 0.3) is 0 Å². The molecule has 2 heteroatoms. The average Bonchev–Trinajstić information content (AvgIpc) is 2.14. The highest BCUT2D eigenvalue weighted by Gasteiger charge is 2.08. The standard InChI is InChI=1S/C12H18O2/c1-4-7-14-12-8-9(2)5-6-11(12)10(3)13/h5-6,8,10,13H,4,7H2,1-3H3. The average molecular weight is 194 g/mol. The van der Waals surface area contributed by atoms with E-state index in [1.807, 2.05) is 25.1 Å². The molecule has 0 amide bonds. The van der Waals surface area contributed by atoms with Crippen LogP contribution in [0.1, 0.15) is 37.5 Å². The van der Waals surface area contributed by atoms with Crippen LogP contribution in [0.5, 0.6) is 5.75 Å². The summed E-state index contributed by atoms with van der Waals surface area (Å²) in [5.41, 5.74) is 2.02. The molecule has 1 aromatic rings. The third-order valence-corrected chi connectivity index (χ3v) is 2.08. The Balaban J connectivity index is 2.91. The fourth-order valence-corrected chi connectivity index (χ4v) is 1.32. The minimum absolute atomic E-state index is 0.470. The van der Waals surface area contributed by atoms with Gasteiger partial charge >= 0.3 is 0 Å². The van der Waals surface area contributed by atoms with Gasteiger partial charge in [-0.05, 0) is 31.9 Å². The Morgan fingerprint density at radius 1 is 1.43 bits per heavy atom. The fourth-order valence-electron chi connectivity index (χ4n) is 1.32. The molecular formula is C12H18O2. The number of aliphatic hydroxyl groups excluding tert-OH is 1. The van der Waals surface area contributed by atoms with Gasteiger partial charge in [-0.15, -0.1) is 0 Å². The molecule has 1 rings (SSSR count).